The predicted molar refractivity (Wildman–Crippen MR) is 120 cm³/mol. The molecule has 0 spiro atoms. The van der Waals surface area contributed by atoms with Crippen molar-refractivity contribution in [3.05, 3.63) is 59.9 Å². The van der Waals surface area contributed by atoms with Crippen LogP contribution in [0.2, 0.25) is 0 Å². The highest BCUT2D eigenvalue weighted by molar-refractivity contribution is 6.35. The zero-order chi connectivity index (χ0) is 22.2. The first kappa shape index (κ1) is 22.7. The van der Waals surface area contributed by atoms with E-state index in [4.69, 9.17) is 0 Å². The quantitative estimate of drug-likeness (QED) is 0.388. The van der Waals surface area contributed by atoms with Gasteiger partial charge in [0, 0.05) is 44.3 Å². The van der Waals surface area contributed by atoms with Crippen LogP contribution in [0.4, 0.5) is 5.69 Å². The third kappa shape index (κ3) is 6.50. The SMILES string of the molecule is CN(C)c1ccc([C@@H](CNC(=O)C(=O)NCc2ccncc2)[NH+]2CC[NH+](C)CC2)cc1. The molecule has 1 aliphatic heterocycles. The minimum absolute atomic E-state index is 0.112. The lowest BCUT2D eigenvalue weighted by Crippen LogP contribution is -3.27. The number of nitrogens with zero attached hydrogens (tertiary/aromatic N) is 2. The predicted octanol–water partition coefficient (Wildman–Crippen LogP) is -1.97. The van der Waals surface area contributed by atoms with E-state index in [2.05, 4.69) is 51.8 Å². The highest BCUT2D eigenvalue weighted by Gasteiger charge is 2.30. The molecule has 1 aromatic carbocycles. The van der Waals surface area contributed by atoms with E-state index in [0.29, 0.717) is 13.1 Å². The fourth-order valence-corrected chi connectivity index (χ4v) is 3.89. The first-order valence-electron chi connectivity index (χ1n) is 10.8. The Labute approximate surface area is 184 Å². The summed E-state index contributed by atoms with van der Waals surface area (Å²) in [5.74, 6) is -1.21. The molecule has 1 aliphatic rings. The topological polar surface area (TPSA) is 83.2 Å². The van der Waals surface area contributed by atoms with Crippen molar-refractivity contribution in [2.45, 2.75) is 12.6 Å². The summed E-state index contributed by atoms with van der Waals surface area (Å²) >= 11 is 0. The van der Waals surface area contributed by atoms with Gasteiger partial charge in [0.05, 0.1) is 13.6 Å². The Morgan fingerprint density at radius 2 is 1.58 bits per heavy atom. The minimum atomic E-state index is -0.615. The number of benzene rings is 1. The number of hydrogen-bond acceptors (Lipinski definition) is 4. The fourth-order valence-electron chi connectivity index (χ4n) is 3.89. The number of nitrogens with one attached hydrogen (secondary N) is 4. The zero-order valence-electron chi connectivity index (χ0n) is 18.6. The van der Waals surface area contributed by atoms with E-state index in [9.17, 15) is 9.59 Å². The number of rotatable bonds is 7. The number of hydrogen-bond donors (Lipinski definition) is 4. The number of likely N-dealkylation sites (N-methyl/N-ethyl adjacent to an activating group) is 1. The molecule has 8 nitrogen and oxygen atoms in total. The van der Waals surface area contributed by atoms with Crippen molar-refractivity contribution in [3.8, 4) is 0 Å². The van der Waals surface area contributed by atoms with Gasteiger partial charge in [-0.2, -0.15) is 0 Å². The highest BCUT2D eigenvalue weighted by atomic mass is 16.2. The van der Waals surface area contributed by atoms with E-state index in [1.165, 1.54) is 15.4 Å². The molecule has 1 aromatic heterocycles. The van der Waals surface area contributed by atoms with Gasteiger partial charge in [-0.25, -0.2) is 0 Å². The van der Waals surface area contributed by atoms with E-state index in [1.54, 1.807) is 12.4 Å². The first-order chi connectivity index (χ1) is 14.9. The maximum Gasteiger partial charge on any atom is 0.309 e. The molecule has 1 atom stereocenters. The van der Waals surface area contributed by atoms with Gasteiger partial charge >= 0.3 is 11.8 Å². The van der Waals surface area contributed by atoms with Crippen molar-refractivity contribution in [1.29, 1.82) is 0 Å². The second-order valence-corrected chi connectivity index (χ2v) is 8.40. The maximum absolute atomic E-state index is 12.4. The van der Waals surface area contributed by atoms with Crippen molar-refractivity contribution in [2.75, 3.05) is 58.8 Å². The molecule has 4 N–H and O–H groups in total. The van der Waals surface area contributed by atoms with Gasteiger partial charge in [0.25, 0.3) is 0 Å². The zero-order valence-corrected chi connectivity index (χ0v) is 18.6. The smallest absolute Gasteiger partial charge is 0.309 e. The van der Waals surface area contributed by atoms with Crippen LogP contribution in [0, 0.1) is 0 Å². The Balaban J connectivity index is 1.62. The molecule has 166 valence electrons. The molecule has 1 fully saturated rings. The van der Waals surface area contributed by atoms with Gasteiger partial charge in [-0.1, -0.05) is 12.1 Å². The third-order valence-electron chi connectivity index (χ3n) is 5.93. The molecule has 8 heteroatoms. The second kappa shape index (κ2) is 10.9. The van der Waals surface area contributed by atoms with E-state index < -0.39 is 11.8 Å². The van der Waals surface area contributed by atoms with Gasteiger partial charge < -0.3 is 25.3 Å². The van der Waals surface area contributed by atoms with Crippen molar-refractivity contribution >= 4 is 17.5 Å². The Bertz CT molecular complexity index is 848. The van der Waals surface area contributed by atoms with E-state index in [0.717, 1.165) is 37.4 Å². The van der Waals surface area contributed by atoms with Crippen molar-refractivity contribution < 1.29 is 19.4 Å². The summed E-state index contributed by atoms with van der Waals surface area (Å²) in [6, 6.07) is 12.2. The molecular weight excluding hydrogens is 392 g/mol. The van der Waals surface area contributed by atoms with Crippen LogP contribution < -0.4 is 25.3 Å². The van der Waals surface area contributed by atoms with E-state index >= 15 is 0 Å². The first-order valence-corrected chi connectivity index (χ1v) is 10.8. The van der Waals surface area contributed by atoms with Crippen LogP contribution in [0.5, 0.6) is 0 Å². The number of piperazine rings is 1. The normalized spacial score (nSPS) is 19.3. The van der Waals surface area contributed by atoms with Gasteiger partial charge in [0.15, 0.2) is 0 Å². The minimum Gasteiger partial charge on any atom is -0.378 e. The van der Waals surface area contributed by atoms with Gasteiger partial charge in [-0.15, -0.1) is 0 Å². The van der Waals surface area contributed by atoms with Crippen molar-refractivity contribution in [3.63, 3.8) is 0 Å². The lowest BCUT2D eigenvalue weighted by atomic mass is 10.0. The molecule has 0 bridgehead atoms. The Hall–Kier alpha value is -2.97. The third-order valence-corrected chi connectivity index (χ3v) is 5.93. The molecule has 31 heavy (non-hydrogen) atoms. The second-order valence-electron chi connectivity index (χ2n) is 8.40. The van der Waals surface area contributed by atoms with Crippen LogP contribution in [-0.4, -0.2) is 70.7 Å². The van der Waals surface area contributed by atoms with Crippen molar-refractivity contribution in [1.82, 2.24) is 15.6 Å². The average Bonchev–Trinajstić information content (AvgIpc) is 2.79. The molecular formula is C23H34N6O2+2. The molecule has 2 amide bonds. The van der Waals surface area contributed by atoms with Crippen LogP contribution in [0.25, 0.3) is 0 Å². The van der Waals surface area contributed by atoms with Gasteiger partial charge in [0.2, 0.25) is 0 Å². The summed E-state index contributed by atoms with van der Waals surface area (Å²) in [4.78, 5) is 33.7. The number of quaternary nitrogens is 2. The molecule has 0 aliphatic carbocycles. The summed E-state index contributed by atoms with van der Waals surface area (Å²) in [7, 11) is 6.25. The van der Waals surface area contributed by atoms with Crippen LogP contribution in [0.1, 0.15) is 17.2 Å². The van der Waals surface area contributed by atoms with Crippen molar-refractivity contribution in [2.24, 2.45) is 0 Å². The number of carbonyl (C=O) groups excluding carboxylic acids is 2. The Kier molecular flexibility index (Phi) is 7.97. The summed E-state index contributed by atoms with van der Waals surface area (Å²) in [5.41, 5.74) is 3.22. The summed E-state index contributed by atoms with van der Waals surface area (Å²) in [6.45, 7) is 5.00. The average molecular weight is 427 g/mol. The summed E-state index contributed by atoms with van der Waals surface area (Å²) in [5, 5.41) is 5.53. The monoisotopic (exact) mass is 426 g/mol. The molecule has 0 saturated carbocycles. The molecule has 3 rings (SSSR count). The number of anilines is 1. The van der Waals surface area contributed by atoms with Crippen LogP contribution in [0.15, 0.2) is 48.8 Å². The standard InChI is InChI=1S/C23H32N6O2/c1-27(2)20-6-4-19(5-7-20)21(29-14-12-28(3)13-15-29)17-26-23(31)22(30)25-16-18-8-10-24-11-9-18/h4-11,21H,12-17H2,1-3H3,(H,25,30)(H,26,31)/p+2/t21-/m1/s1. The molecule has 1 saturated heterocycles. The Morgan fingerprint density at radius 1 is 0.968 bits per heavy atom. The summed E-state index contributed by atoms with van der Waals surface area (Å²) < 4.78 is 0. The van der Waals surface area contributed by atoms with Crippen LogP contribution in [-0.2, 0) is 16.1 Å². The number of amides is 2. The fraction of sp³-hybridized carbons (Fsp3) is 0.435. The number of pyridine rings is 1. The van der Waals surface area contributed by atoms with Crippen LogP contribution >= 0.6 is 0 Å². The molecule has 2 heterocycles. The van der Waals surface area contributed by atoms with E-state index in [-0.39, 0.29) is 6.04 Å². The van der Waals surface area contributed by atoms with Gasteiger partial charge in [-0.3, -0.25) is 14.6 Å². The number of carbonyl (C=O) groups is 2. The lowest BCUT2D eigenvalue weighted by Gasteiger charge is -2.33. The van der Waals surface area contributed by atoms with Gasteiger partial charge in [0.1, 0.15) is 32.2 Å². The summed E-state index contributed by atoms with van der Waals surface area (Å²) in [6.07, 6.45) is 3.32. The van der Waals surface area contributed by atoms with E-state index in [1.807, 2.05) is 26.2 Å². The molecule has 2 aromatic rings. The number of aromatic nitrogens is 1. The Morgan fingerprint density at radius 3 is 2.19 bits per heavy atom. The molecule has 0 unspecified atom stereocenters. The maximum atomic E-state index is 12.4. The van der Waals surface area contributed by atoms with Gasteiger partial charge in [-0.05, 0) is 29.8 Å². The highest BCUT2D eigenvalue weighted by Crippen LogP contribution is 2.16. The molecule has 0 radical (unpaired) electrons. The lowest BCUT2D eigenvalue weighted by molar-refractivity contribution is -1.02. The van der Waals surface area contributed by atoms with Crippen LogP contribution in [0.3, 0.4) is 0 Å². The largest absolute Gasteiger partial charge is 0.378 e.